The van der Waals surface area contributed by atoms with Crippen molar-refractivity contribution in [3.63, 3.8) is 0 Å². The van der Waals surface area contributed by atoms with E-state index in [4.69, 9.17) is 0 Å². The van der Waals surface area contributed by atoms with Gasteiger partial charge in [0.15, 0.2) is 0 Å². The second-order valence-corrected chi connectivity index (χ2v) is 10.2. The molecule has 0 heterocycles. The van der Waals surface area contributed by atoms with E-state index >= 15 is 0 Å². The van der Waals surface area contributed by atoms with Gasteiger partial charge in [-0.15, -0.1) is 0 Å². The van der Waals surface area contributed by atoms with Crippen molar-refractivity contribution in [1.82, 2.24) is 0 Å². The van der Waals surface area contributed by atoms with Gasteiger partial charge in [0.25, 0.3) is 0 Å². The Morgan fingerprint density at radius 3 is 1.96 bits per heavy atom. The van der Waals surface area contributed by atoms with Crippen LogP contribution in [0.1, 0.15) is 57.9 Å². The molecule has 0 aliphatic heterocycles. The minimum absolute atomic E-state index is 0.576. The first kappa shape index (κ1) is 13.5. The van der Waals surface area contributed by atoms with Crippen LogP contribution < -0.4 is 0 Å². The van der Waals surface area contributed by atoms with Crippen molar-refractivity contribution >= 4 is 0 Å². The van der Waals surface area contributed by atoms with Crippen molar-refractivity contribution in [1.29, 1.82) is 0 Å². The van der Waals surface area contributed by atoms with Crippen LogP contribution in [0.15, 0.2) is 30.3 Å². The highest BCUT2D eigenvalue weighted by Gasteiger charge is 2.75. The molecule has 1 aromatic rings. The van der Waals surface area contributed by atoms with Gasteiger partial charge in [-0.3, -0.25) is 0 Å². The zero-order chi connectivity index (χ0) is 15.4. The van der Waals surface area contributed by atoms with Gasteiger partial charge in [-0.1, -0.05) is 44.2 Å². The molecule has 0 radical (unpaired) electrons. The molecule has 7 saturated carbocycles. The zero-order valence-corrected chi connectivity index (χ0v) is 14.7. The summed E-state index contributed by atoms with van der Waals surface area (Å²) >= 11 is 0. The highest BCUT2D eigenvalue weighted by molar-refractivity contribution is 5.37. The van der Waals surface area contributed by atoms with Crippen molar-refractivity contribution < 1.29 is 0 Å². The molecular formula is C23H30. The van der Waals surface area contributed by atoms with Gasteiger partial charge in [-0.2, -0.15) is 0 Å². The summed E-state index contributed by atoms with van der Waals surface area (Å²) < 4.78 is 0. The SMILES string of the molecule is CC(C)C12CC3CC4C1CC1CC2C(C3)C4(c2ccccc2)C1. The predicted octanol–water partition coefficient (Wildman–Crippen LogP) is 5.67. The lowest BCUT2D eigenvalue weighted by Crippen LogP contribution is -2.74. The number of hydrogen-bond donors (Lipinski definition) is 0. The van der Waals surface area contributed by atoms with Crippen LogP contribution in [0.5, 0.6) is 0 Å². The van der Waals surface area contributed by atoms with Gasteiger partial charge in [0.2, 0.25) is 0 Å². The van der Waals surface area contributed by atoms with Crippen LogP contribution in [0.4, 0.5) is 0 Å². The Labute approximate surface area is 141 Å². The number of hydrogen-bond acceptors (Lipinski definition) is 0. The first-order chi connectivity index (χ1) is 11.2. The molecule has 1 aromatic carbocycles. The second-order valence-electron chi connectivity index (χ2n) is 10.2. The lowest BCUT2D eigenvalue weighted by molar-refractivity contribution is -0.283. The molecule has 0 nitrogen and oxygen atoms in total. The van der Waals surface area contributed by atoms with Gasteiger partial charge in [-0.05, 0) is 90.9 Å². The summed E-state index contributed by atoms with van der Waals surface area (Å²) in [5.41, 5.74) is 3.03. The zero-order valence-electron chi connectivity index (χ0n) is 14.7. The fraction of sp³-hybridized carbons (Fsp3) is 0.739. The van der Waals surface area contributed by atoms with E-state index in [0.29, 0.717) is 5.41 Å². The molecule has 0 heteroatoms. The van der Waals surface area contributed by atoms with E-state index in [1.807, 2.05) is 0 Å². The Hall–Kier alpha value is -0.780. The monoisotopic (exact) mass is 306 g/mol. The molecule has 7 fully saturated rings. The van der Waals surface area contributed by atoms with Gasteiger partial charge in [0.1, 0.15) is 0 Å². The maximum Gasteiger partial charge on any atom is 0.00180 e. The first-order valence-electron chi connectivity index (χ1n) is 10.2. The third kappa shape index (κ3) is 1.31. The van der Waals surface area contributed by atoms with Crippen molar-refractivity contribution in [3.8, 4) is 0 Å². The summed E-state index contributed by atoms with van der Waals surface area (Å²) in [7, 11) is 0. The summed E-state index contributed by atoms with van der Waals surface area (Å²) in [5.74, 6) is 7.13. The Morgan fingerprint density at radius 1 is 0.783 bits per heavy atom. The van der Waals surface area contributed by atoms with E-state index in [9.17, 15) is 0 Å². The molecule has 7 aliphatic rings. The summed E-state index contributed by atoms with van der Waals surface area (Å²) in [6, 6.07) is 11.8. The molecular weight excluding hydrogens is 276 g/mol. The lowest BCUT2D eigenvalue weighted by Gasteiger charge is -2.79. The smallest absolute Gasteiger partial charge is 0.00180 e. The maximum absolute atomic E-state index is 2.57. The number of rotatable bonds is 2. The van der Waals surface area contributed by atoms with Crippen LogP contribution in [0, 0.1) is 46.8 Å². The van der Waals surface area contributed by atoms with Crippen LogP contribution in [0.3, 0.4) is 0 Å². The summed E-state index contributed by atoms with van der Waals surface area (Å²) in [6.45, 7) is 5.14. The van der Waals surface area contributed by atoms with E-state index in [1.54, 1.807) is 37.7 Å². The summed E-state index contributed by atoms with van der Waals surface area (Å²) in [6.07, 6.45) is 9.39. The lowest BCUT2D eigenvalue weighted by atomic mass is 9.25. The Morgan fingerprint density at radius 2 is 1.35 bits per heavy atom. The third-order valence-electron chi connectivity index (χ3n) is 9.68. The topological polar surface area (TPSA) is 0 Å². The minimum atomic E-state index is 0.576. The highest BCUT2D eigenvalue weighted by atomic mass is 14.8. The summed E-state index contributed by atoms with van der Waals surface area (Å²) in [5, 5.41) is 0. The van der Waals surface area contributed by atoms with Crippen LogP contribution in [-0.2, 0) is 5.41 Å². The average molecular weight is 306 g/mol. The molecule has 4 atom stereocenters. The van der Waals surface area contributed by atoms with Gasteiger partial charge in [-0.25, -0.2) is 0 Å². The van der Waals surface area contributed by atoms with Gasteiger partial charge in [0, 0.05) is 5.41 Å². The maximum atomic E-state index is 2.57. The Balaban J connectivity index is 1.59. The van der Waals surface area contributed by atoms with Gasteiger partial charge in [0.05, 0.1) is 0 Å². The Kier molecular flexibility index (Phi) is 2.38. The predicted molar refractivity (Wildman–Crippen MR) is 94.0 cm³/mol. The molecule has 23 heavy (non-hydrogen) atoms. The van der Waals surface area contributed by atoms with Crippen molar-refractivity contribution in [3.05, 3.63) is 35.9 Å². The van der Waals surface area contributed by atoms with E-state index < -0.39 is 0 Å². The van der Waals surface area contributed by atoms with Crippen LogP contribution in [0.25, 0.3) is 0 Å². The highest BCUT2D eigenvalue weighted by Crippen LogP contribution is 2.81. The molecule has 0 spiro atoms. The minimum Gasteiger partial charge on any atom is -0.0622 e. The molecule has 0 saturated heterocycles. The normalized spacial score (nSPS) is 55.1. The average Bonchev–Trinajstić information content (AvgIpc) is 2.59. The van der Waals surface area contributed by atoms with Crippen LogP contribution >= 0.6 is 0 Å². The molecule has 8 rings (SSSR count). The fourth-order valence-electron chi connectivity index (χ4n) is 9.47. The third-order valence-corrected chi connectivity index (χ3v) is 9.68. The largest absolute Gasteiger partial charge is 0.0622 e. The molecule has 4 unspecified atom stereocenters. The molecule has 0 N–H and O–H groups in total. The van der Waals surface area contributed by atoms with Gasteiger partial charge >= 0.3 is 0 Å². The molecule has 7 aliphatic carbocycles. The van der Waals surface area contributed by atoms with Crippen molar-refractivity contribution in [2.24, 2.45) is 46.8 Å². The fourth-order valence-corrected chi connectivity index (χ4v) is 9.47. The number of benzene rings is 1. The van der Waals surface area contributed by atoms with Crippen LogP contribution in [-0.4, -0.2) is 0 Å². The van der Waals surface area contributed by atoms with E-state index in [1.165, 1.54) is 6.42 Å². The Bertz CT molecular complexity index is 617. The second kappa shape index (κ2) is 4.06. The standard InChI is InChI=1S/C23H30/c1-14(2)22-12-15-10-20-18(22)8-16-9-19(22)21(11-15)23(20,13-16)17-6-4-3-5-7-17/h3-7,14-16,18-21H,8-13H2,1-2H3. The molecule has 0 amide bonds. The molecule has 8 bridgehead atoms. The van der Waals surface area contributed by atoms with E-state index in [0.717, 1.165) is 46.8 Å². The molecule has 122 valence electrons. The molecule has 0 aromatic heterocycles. The summed E-state index contributed by atoms with van der Waals surface area (Å²) in [4.78, 5) is 0. The van der Waals surface area contributed by atoms with Crippen molar-refractivity contribution in [2.45, 2.75) is 57.8 Å². The van der Waals surface area contributed by atoms with Gasteiger partial charge < -0.3 is 0 Å². The van der Waals surface area contributed by atoms with E-state index in [-0.39, 0.29) is 0 Å². The first-order valence-corrected chi connectivity index (χ1v) is 10.2. The van der Waals surface area contributed by atoms with E-state index in [2.05, 4.69) is 44.2 Å². The quantitative estimate of drug-likeness (QED) is 0.660. The van der Waals surface area contributed by atoms with Crippen LogP contribution in [0.2, 0.25) is 0 Å². The van der Waals surface area contributed by atoms with Crippen molar-refractivity contribution in [2.75, 3.05) is 0 Å².